The van der Waals surface area contributed by atoms with E-state index >= 15 is 0 Å². The van der Waals surface area contributed by atoms with Crippen molar-refractivity contribution in [2.45, 2.75) is 13.1 Å². The topological polar surface area (TPSA) is 42.7 Å². The molecule has 1 N–H and O–H groups in total. The van der Waals surface area contributed by atoms with Crippen molar-refractivity contribution in [3.8, 4) is 0 Å². The standard InChI is InChI=1S/C16H16N4/c1-3-14(12-20-8-7-18-13-20)9-16(5-1)19-11-15-4-2-6-17-10-15/h1-10,13,19H,11-12H2. The number of pyridine rings is 1. The van der Waals surface area contributed by atoms with Gasteiger partial charge in [-0.15, -0.1) is 0 Å². The minimum atomic E-state index is 0.780. The molecular formula is C16H16N4. The zero-order chi connectivity index (χ0) is 13.6. The molecule has 3 aromatic rings. The van der Waals surface area contributed by atoms with Crippen molar-refractivity contribution in [1.29, 1.82) is 0 Å². The molecule has 2 heterocycles. The lowest BCUT2D eigenvalue weighted by atomic mass is 10.2. The lowest BCUT2D eigenvalue weighted by Crippen LogP contribution is -2.01. The molecule has 3 rings (SSSR count). The Hall–Kier alpha value is -2.62. The Kier molecular flexibility index (Phi) is 3.73. The quantitative estimate of drug-likeness (QED) is 0.770. The molecule has 2 aromatic heterocycles. The van der Waals surface area contributed by atoms with Crippen molar-refractivity contribution in [1.82, 2.24) is 14.5 Å². The second kappa shape index (κ2) is 6.02. The number of nitrogens with zero attached hydrogens (tertiary/aromatic N) is 3. The number of aromatic nitrogens is 3. The molecule has 0 aliphatic carbocycles. The van der Waals surface area contributed by atoms with E-state index in [0.29, 0.717) is 0 Å². The predicted molar refractivity (Wildman–Crippen MR) is 79.3 cm³/mol. The molecule has 0 bridgehead atoms. The first-order valence-electron chi connectivity index (χ1n) is 6.57. The van der Waals surface area contributed by atoms with E-state index in [-0.39, 0.29) is 0 Å². The zero-order valence-electron chi connectivity index (χ0n) is 11.1. The maximum Gasteiger partial charge on any atom is 0.0949 e. The van der Waals surface area contributed by atoms with Gasteiger partial charge in [0.15, 0.2) is 0 Å². The maximum atomic E-state index is 4.11. The maximum absolute atomic E-state index is 4.11. The summed E-state index contributed by atoms with van der Waals surface area (Å²) in [4.78, 5) is 8.17. The average molecular weight is 264 g/mol. The highest BCUT2D eigenvalue weighted by Crippen LogP contribution is 2.13. The van der Waals surface area contributed by atoms with Gasteiger partial charge < -0.3 is 9.88 Å². The van der Waals surface area contributed by atoms with E-state index in [1.807, 2.05) is 24.8 Å². The highest BCUT2D eigenvalue weighted by Gasteiger charge is 1.98. The predicted octanol–water partition coefficient (Wildman–Crippen LogP) is 2.94. The first kappa shape index (κ1) is 12.4. The highest BCUT2D eigenvalue weighted by molar-refractivity contribution is 5.46. The Morgan fingerprint density at radius 3 is 2.75 bits per heavy atom. The lowest BCUT2D eigenvalue weighted by Gasteiger charge is -2.09. The number of rotatable bonds is 5. The van der Waals surface area contributed by atoms with Crippen LogP contribution in [0, 0.1) is 0 Å². The van der Waals surface area contributed by atoms with Crippen LogP contribution in [0.25, 0.3) is 0 Å². The van der Waals surface area contributed by atoms with Gasteiger partial charge in [-0.25, -0.2) is 4.98 Å². The minimum absolute atomic E-state index is 0.780. The number of nitrogens with one attached hydrogen (secondary N) is 1. The van der Waals surface area contributed by atoms with Crippen molar-refractivity contribution in [2.24, 2.45) is 0 Å². The van der Waals surface area contributed by atoms with Gasteiger partial charge in [-0.2, -0.15) is 0 Å². The average Bonchev–Trinajstić information content (AvgIpc) is 3.00. The molecule has 4 heteroatoms. The number of imidazole rings is 1. The Morgan fingerprint density at radius 2 is 1.95 bits per heavy atom. The molecule has 0 fully saturated rings. The van der Waals surface area contributed by atoms with E-state index in [0.717, 1.165) is 18.8 Å². The van der Waals surface area contributed by atoms with Gasteiger partial charge >= 0.3 is 0 Å². The van der Waals surface area contributed by atoms with E-state index in [1.165, 1.54) is 11.1 Å². The van der Waals surface area contributed by atoms with Crippen LogP contribution in [0.3, 0.4) is 0 Å². The van der Waals surface area contributed by atoms with Gasteiger partial charge in [0.25, 0.3) is 0 Å². The summed E-state index contributed by atoms with van der Waals surface area (Å²) in [5, 5.41) is 3.42. The summed E-state index contributed by atoms with van der Waals surface area (Å²) in [5.74, 6) is 0. The first-order valence-corrected chi connectivity index (χ1v) is 6.57. The Bertz CT molecular complexity index is 647. The van der Waals surface area contributed by atoms with E-state index in [2.05, 4.69) is 50.2 Å². The largest absolute Gasteiger partial charge is 0.381 e. The normalized spacial score (nSPS) is 10.4. The molecule has 0 atom stereocenters. The van der Waals surface area contributed by atoms with Crippen LogP contribution >= 0.6 is 0 Å². The second-order valence-electron chi connectivity index (χ2n) is 4.65. The van der Waals surface area contributed by atoms with Gasteiger partial charge in [-0.05, 0) is 29.3 Å². The summed E-state index contributed by atoms with van der Waals surface area (Å²) in [6, 6.07) is 12.4. The fourth-order valence-electron chi connectivity index (χ4n) is 2.08. The van der Waals surface area contributed by atoms with Crippen molar-refractivity contribution in [3.63, 3.8) is 0 Å². The van der Waals surface area contributed by atoms with Crippen LogP contribution in [0.5, 0.6) is 0 Å². The summed E-state index contributed by atoms with van der Waals surface area (Å²) in [5.41, 5.74) is 3.54. The van der Waals surface area contributed by atoms with Gasteiger partial charge in [0.05, 0.1) is 6.33 Å². The van der Waals surface area contributed by atoms with Crippen molar-refractivity contribution in [3.05, 3.63) is 78.6 Å². The summed E-state index contributed by atoms with van der Waals surface area (Å²) in [6.07, 6.45) is 9.26. The molecule has 0 saturated heterocycles. The molecule has 0 unspecified atom stereocenters. The monoisotopic (exact) mass is 264 g/mol. The highest BCUT2D eigenvalue weighted by atomic mass is 15.0. The molecule has 0 saturated carbocycles. The van der Waals surface area contributed by atoms with Gasteiger partial charge in [0, 0.05) is 43.6 Å². The SMILES string of the molecule is c1cncc(CNc2cccc(Cn3ccnc3)c2)c1. The van der Waals surface area contributed by atoms with Gasteiger partial charge in [0.2, 0.25) is 0 Å². The summed E-state index contributed by atoms with van der Waals surface area (Å²) in [6.45, 7) is 1.62. The fraction of sp³-hybridized carbons (Fsp3) is 0.125. The molecule has 1 aromatic carbocycles. The Balaban J connectivity index is 1.65. The Labute approximate surface area is 118 Å². The van der Waals surface area contributed by atoms with Crippen LogP contribution in [0.2, 0.25) is 0 Å². The van der Waals surface area contributed by atoms with Crippen LogP contribution in [0.1, 0.15) is 11.1 Å². The fourth-order valence-corrected chi connectivity index (χ4v) is 2.08. The summed E-state index contributed by atoms with van der Waals surface area (Å²) >= 11 is 0. The third kappa shape index (κ3) is 3.23. The summed E-state index contributed by atoms with van der Waals surface area (Å²) in [7, 11) is 0. The number of hydrogen-bond acceptors (Lipinski definition) is 3. The van der Waals surface area contributed by atoms with Crippen molar-refractivity contribution < 1.29 is 0 Å². The zero-order valence-corrected chi connectivity index (χ0v) is 11.1. The molecule has 4 nitrogen and oxygen atoms in total. The molecular weight excluding hydrogens is 248 g/mol. The van der Waals surface area contributed by atoms with E-state index < -0.39 is 0 Å². The van der Waals surface area contributed by atoms with Crippen LogP contribution < -0.4 is 5.32 Å². The number of anilines is 1. The van der Waals surface area contributed by atoms with Gasteiger partial charge in [-0.3, -0.25) is 4.98 Å². The van der Waals surface area contributed by atoms with Gasteiger partial charge in [-0.1, -0.05) is 18.2 Å². The summed E-state index contributed by atoms with van der Waals surface area (Å²) < 4.78 is 2.06. The lowest BCUT2D eigenvalue weighted by molar-refractivity contribution is 0.797. The molecule has 0 spiro atoms. The molecule has 0 radical (unpaired) electrons. The van der Waals surface area contributed by atoms with E-state index in [4.69, 9.17) is 0 Å². The minimum Gasteiger partial charge on any atom is -0.381 e. The van der Waals surface area contributed by atoms with Crippen molar-refractivity contribution >= 4 is 5.69 Å². The van der Waals surface area contributed by atoms with E-state index in [9.17, 15) is 0 Å². The molecule has 0 aliphatic rings. The molecule has 100 valence electrons. The van der Waals surface area contributed by atoms with Crippen molar-refractivity contribution in [2.75, 3.05) is 5.32 Å². The third-order valence-corrected chi connectivity index (χ3v) is 3.07. The van der Waals surface area contributed by atoms with E-state index in [1.54, 1.807) is 12.4 Å². The van der Waals surface area contributed by atoms with Crippen LogP contribution in [-0.2, 0) is 13.1 Å². The van der Waals surface area contributed by atoms with Gasteiger partial charge in [0.1, 0.15) is 0 Å². The second-order valence-corrected chi connectivity index (χ2v) is 4.65. The Morgan fingerprint density at radius 1 is 1.00 bits per heavy atom. The first-order chi connectivity index (χ1) is 9.90. The van der Waals surface area contributed by atoms with Crippen LogP contribution in [0.4, 0.5) is 5.69 Å². The number of hydrogen-bond donors (Lipinski definition) is 1. The molecule has 0 aliphatic heterocycles. The smallest absolute Gasteiger partial charge is 0.0949 e. The van der Waals surface area contributed by atoms with Crippen LogP contribution in [0.15, 0.2) is 67.5 Å². The molecule has 20 heavy (non-hydrogen) atoms. The molecule has 0 amide bonds. The third-order valence-electron chi connectivity index (χ3n) is 3.07. The van der Waals surface area contributed by atoms with Crippen LogP contribution in [-0.4, -0.2) is 14.5 Å². The number of benzene rings is 1.